The van der Waals surface area contributed by atoms with E-state index in [1.165, 1.54) is 4.90 Å². The number of carbonyl (C=O) groups is 3. The van der Waals surface area contributed by atoms with Gasteiger partial charge in [-0.1, -0.05) is 45.0 Å². The molecule has 228 valence electrons. The third-order valence-corrected chi connectivity index (χ3v) is 7.77. The van der Waals surface area contributed by atoms with Gasteiger partial charge in [-0.3, -0.25) is 9.59 Å². The average Bonchev–Trinajstić information content (AvgIpc) is 3.54. The number of likely N-dealkylation sites (tertiary alicyclic amines) is 1. The number of benzene rings is 1. The van der Waals surface area contributed by atoms with Gasteiger partial charge in [0.2, 0.25) is 11.8 Å². The number of hydrogen-bond donors (Lipinski definition) is 4. The quantitative estimate of drug-likeness (QED) is 0.205. The van der Waals surface area contributed by atoms with Gasteiger partial charge in [0.25, 0.3) is 0 Å². The number of hydrogen-bond acceptors (Lipinski definition) is 8. The minimum Gasteiger partial charge on any atom is -0.391 e. The van der Waals surface area contributed by atoms with Gasteiger partial charge in [0.05, 0.1) is 28.1 Å². The van der Waals surface area contributed by atoms with Crippen LogP contribution in [0.4, 0.5) is 0 Å². The first-order valence-electron chi connectivity index (χ1n) is 13.7. The zero-order valence-electron chi connectivity index (χ0n) is 25.7. The molecule has 0 unspecified atom stereocenters. The molecule has 2 heterocycles. The first kappa shape index (κ1) is 37.6. The van der Waals surface area contributed by atoms with E-state index in [1.54, 1.807) is 11.3 Å². The van der Waals surface area contributed by atoms with Crippen LogP contribution in [0.25, 0.3) is 10.4 Å². The Labute approximate surface area is 267 Å². The topological polar surface area (TPSA) is 141 Å². The number of aromatic nitrogens is 1. The van der Waals surface area contributed by atoms with E-state index < -0.39 is 35.4 Å². The summed E-state index contributed by atoms with van der Waals surface area (Å²) in [5.41, 5.74) is 9.48. The Morgan fingerprint density at radius 3 is 2.29 bits per heavy atom. The van der Waals surface area contributed by atoms with Gasteiger partial charge < -0.3 is 56.8 Å². The van der Waals surface area contributed by atoms with Crippen LogP contribution >= 0.6 is 11.3 Å². The molecule has 5 N–H and O–H groups in total. The summed E-state index contributed by atoms with van der Waals surface area (Å²) in [6, 6.07) is 6.21. The van der Waals surface area contributed by atoms with Gasteiger partial charge in [-0.05, 0) is 23.5 Å². The summed E-state index contributed by atoms with van der Waals surface area (Å²) in [6.45, 7) is 21.7. The van der Waals surface area contributed by atoms with Crippen molar-refractivity contribution in [2.75, 3.05) is 32.7 Å². The number of aryl methyl sites for hydroxylation is 1. The molecule has 3 atom stereocenters. The molecule has 3 rings (SSSR count). The Bertz CT molecular complexity index is 1130. The van der Waals surface area contributed by atoms with E-state index in [9.17, 15) is 19.5 Å². The second kappa shape index (κ2) is 17.7. The van der Waals surface area contributed by atoms with E-state index in [2.05, 4.69) is 41.3 Å². The van der Waals surface area contributed by atoms with E-state index >= 15 is 0 Å². The van der Waals surface area contributed by atoms with Gasteiger partial charge in [0.15, 0.2) is 0 Å². The molecule has 1 fully saturated rings. The van der Waals surface area contributed by atoms with Gasteiger partial charge >= 0.3 is 18.9 Å². The van der Waals surface area contributed by atoms with Crippen LogP contribution in [0.1, 0.15) is 38.4 Å². The normalized spacial score (nSPS) is 17.1. The molecule has 0 bridgehead atoms. The molecule has 10 nitrogen and oxygen atoms in total. The number of carbonyl (C=O) groups excluding carboxylic acids is 3. The molecule has 1 aliphatic rings. The third-order valence-electron chi connectivity index (χ3n) is 6.79. The van der Waals surface area contributed by atoms with Gasteiger partial charge in [-0.25, -0.2) is 4.98 Å². The summed E-state index contributed by atoms with van der Waals surface area (Å²) in [6.07, 6.45) is -0.654. The molecule has 0 aliphatic carbocycles. The van der Waals surface area contributed by atoms with E-state index in [0.29, 0.717) is 13.1 Å². The molecule has 1 aliphatic heterocycles. The largest absolute Gasteiger partial charge is 1.00 e. The van der Waals surface area contributed by atoms with Crippen LogP contribution in [0.3, 0.4) is 0 Å². The third kappa shape index (κ3) is 11.0. The van der Waals surface area contributed by atoms with E-state index in [4.69, 9.17) is 5.73 Å². The maximum atomic E-state index is 13.2. The van der Waals surface area contributed by atoms with Crippen LogP contribution in [0, 0.1) is 33.1 Å². The minimum absolute atomic E-state index is 0. The zero-order chi connectivity index (χ0) is 30.7. The molecular formula is C30H45LiN6O4S-2. The zero-order valence-corrected chi connectivity index (χ0v) is 26.5. The standard InChI is InChI=1S/C24H31N4O4S.C6H14N2.Li/c1-14-20(33-13-26-14)17-8-6-16(7-9-17)11-25-22(31)19-10-18(30)12-28(19)23(32)21(24(3,4)5)27-15(2)29;1-3-8(4-2)6-5-7;/h6-9,13,18-19,21,30H,2,10-12H2,1,3-5H3,(H,25,31)(H,27,29);1-7H2;/q-1;-2;+1/t18-,19+,21-;;/m1../s1. The molecule has 3 amide bonds. The number of nitrogens with two attached hydrogens (primary N) is 1. The van der Waals surface area contributed by atoms with E-state index in [-0.39, 0.29) is 37.7 Å². The predicted molar refractivity (Wildman–Crippen MR) is 163 cm³/mol. The molecule has 0 radical (unpaired) electrons. The number of nitrogens with one attached hydrogen (secondary N) is 2. The number of thiazole rings is 1. The Morgan fingerprint density at radius 1 is 1.21 bits per heavy atom. The summed E-state index contributed by atoms with van der Waals surface area (Å²) in [4.78, 5) is 46.6. The first-order chi connectivity index (χ1) is 19.3. The van der Waals surface area contributed by atoms with E-state index in [0.717, 1.165) is 41.3 Å². The summed E-state index contributed by atoms with van der Waals surface area (Å²) in [5, 5.41) is 15.7. The second-order valence-corrected chi connectivity index (χ2v) is 11.9. The van der Waals surface area contributed by atoms with Crippen molar-refractivity contribution < 1.29 is 38.4 Å². The fourth-order valence-electron chi connectivity index (χ4n) is 4.46. The van der Waals surface area contributed by atoms with Crippen molar-refractivity contribution in [1.82, 2.24) is 25.4 Å². The van der Waals surface area contributed by atoms with Crippen LogP contribution in [-0.4, -0.2) is 88.5 Å². The van der Waals surface area contributed by atoms with Crippen LogP contribution < -0.4 is 35.2 Å². The molecular weight excluding hydrogens is 547 g/mol. The van der Waals surface area contributed by atoms with Crippen LogP contribution in [0.15, 0.2) is 29.8 Å². The smallest absolute Gasteiger partial charge is 0.391 e. The molecule has 0 saturated carbocycles. The number of nitrogens with zero attached hydrogens (tertiary/aromatic N) is 3. The predicted octanol–water partition coefficient (Wildman–Crippen LogP) is -1.02. The number of β-amino-alcohol motifs (C(OH)–C–C–N with tert-alkyl or cyclic N) is 1. The second-order valence-electron chi connectivity index (χ2n) is 11.1. The Balaban J connectivity index is 0.000000860. The molecule has 1 aromatic heterocycles. The molecule has 1 saturated heterocycles. The van der Waals surface area contributed by atoms with Crippen molar-refractivity contribution in [3.8, 4) is 10.4 Å². The molecule has 2 aromatic rings. The summed E-state index contributed by atoms with van der Waals surface area (Å²) in [7, 11) is 0. The Kier molecular flexibility index (Phi) is 15.8. The van der Waals surface area contributed by atoms with Gasteiger partial charge in [-0.2, -0.15) is 0 Å². The van der Waals surface area contributed by atoms with Crippen LogP contribution in [0.5, 0.6) is 0 Å². The van der Waals surface area contributed by atoms with Gasteiger partial charge in [0.1, 0.15) is 12.1 Å². The van der Waals surface area contributed by atoms with Crippen molar-refractivity contribution in [3.05, 3.63) is 61.8 Å². The maximum absolute atomic E-state index is 13.2. The summed E-state index contributed by atoms with van der Waals surface area (Å²) < 4.78 is 0. The average molecular weight is 593 g/mol. The number of amides is 3. The maximum Gasteiger partial charge on any atom is 1.00 e. The van der Waals surface area contributed by atoms with Crippen molar-refractivity contribution in [2.24, 2.45) is 11.1 Å². The number of aliphatic hydroxyl groups excluding tert-OH is 1. The van der Waals surface area contributed by atoms with Crippen LogP contribution in [0.2, 0.25) is 0 Å². The first-order valence-corrected chi connectivity index (χ1v) is 14.6. The molecule has 12 heteroatoms. The van der Waals surface area contributed by atoms with Crippen molar-refractivity contribution in [1.29, 1.82) is 0 Å². The summed E-state index contributed by atoms with van der Waals surface area (Å²) >= 11 is 1.58. The molecule has 0 spiro atoms. The van der Waals surface area contributed by atoms with Gasteiger partial charge in [-0.15, -0.1) is 24.4 Å². The molecule has 1 aromatic carbocycles. The fourth-order valence-corrected chi connectivity index (χ4v) is 5.27. The van der Waals surface area contributed by atoms with E-state index in [1.807, 2.05) is 57.5 Å². The Hall–Kier alpha value is -2.39. The fraction of sp³-hybridized carbons (Fsp3) is 0.500. The van der Waals surface area contributed by atoms with Crippen LogP contribution in [-0.2, 0) is 20.9 Å². The number of aliphatic hydroxyl groups is 1. The SMILES string of the molecule is [CH2-]C(=O)N[C@H](C(=O)N1C[C@H](O)C[C@H]1C(=O)NCc1ccc(-c2scnc2C)cc1)C(C)(C)C.[CH2-]CN(C[CH2-])CCN.[Li+]. The number of rotatable bonds is 10. The van der Waals surface area contributed by atoms with Crippen molar-refractivity contribution in [3.63, 3.8) is 0 Å². The van der Waals surface area contributed by atoms with Gasteiger partial charge in [0, 0.05) is 32.6 Å². The monoisotopic (exact) mass is 592 g/mol. The minimum atomic E-state index is -0.856. The van der Waals surface area contributed by atoms with Crippen molar-refractivity contribution in [2.45, 2.75) is 58.8 Å². The Morgan fingerprint density at radius 2 is 1.83 bits per heavy atom. The molecule has 42 heavy (non-hydrogen) atoms. The summed E-state index contributed by atoms with van der Waals surface area (Å²) in [5.74, 6) is -1.31. The van der Waals surface area contributed by atoms with Crippen molar-refractivity contribution >= 4 is 29.1 Å².